The van der Waals surface area contributed by atoms with Crippen LogP contribution in [0.15, 0.2) is 33.5 Å². The summed E-state index contributed by atoms with van der Waals surface area (Å²) in [5, 5.41) is 8.32. The van der Waals surface area contributed by atoms with E-state index >= 15 is 0 Å². The van der Waals surface area contributed by atoms with Gasteiger partial charge in [0, 0.05) is 0 Å². The van der Waals surface area contributed by atoms with Gasteiger partial charge in [0.15, 0.2) is 5.82 Å². The van der Waals surface area contributed by atoms with Gasteiger partial charge >= 0.3 is 11.7 Å². The van der Waals surface area contributed by atoms with Crippen molar-refractivity contribution in [2.45, 2.75) is 20.4 Å². The number of fused-ring (bicyclic) bond motifs is 1. The fraction of sp³-hybridized carbons (Fsp3) is 0.222. The second-order valence-electron chi connectivity index (χ2n) is 6.24. The Bertz CT molecular complexity index is 1320. The molecule has 0 bridgehead atoms. The van der Waals surface area contributed by atoms with Crippen molar-refractivity contribution in [2.24, 2.45) is 0 Å². The number of hydrogen-bond acceptors (Lipinski definition) is 9. The zero-order chi connectivity index (χ0) is 21.4. The average molecular weight is 430 g/mol. The second-order valence-corrected chi connectivity index (χ2v) is 6.65. The number of halogens is 1. The van der Waals surface area contributed by atoms with Crippen molar-refractivity contribution >= 4 is 34.5 Å². The molecule has 12 heteroatoms. The van der Waals surface area contributed by atoms with Crippen molar-refractivity contribution < 1.29 is 13.9 Å². The van der Waals surface area contributed by atoms with E-state index in [2.05, 4.69) is 20.4 Å². The number of tetrazole rings is 1. The molecule has 1 aromatic carbocycles. The molecule has 0 saturated heterocycles. The fourth-order valence-electron chi connectivity index (χ4n) is 2.99. The monoisotopic (exact) mass is 429 g/mol. The molecule has 0 aliphatic heterocycles. The molecule has 4 rings (SSSR count). The Morgan fingerprint density at radius 2 is 2.03 bits per heavy atom. The van der Waals surface area contributed by atoms with Gasteiger partial charge in [-0.15, -0.1) is 0 Å². The number of hydrogen-bond donors (Lipinski definition) is 1. The van der Waals surface area contributed by atoms with Crippen LogP contribution in [0.25, 0.3) is 16.8 Å². The van der Waals surface area contributed by atoms with E-state index in [-0.39, 0.29) is 41.5 Å². The summed E-state index contributed by atoms with van der Waals surface area (Å²) in [6, 6.07) is 6.75. The standard InChI is InChI=1S/C18H16ClN7O4/c1-3-29-17(27)13-9(2)30-16-14(13)15(20)21-12(22-16)8-25-18(28)26(24-23-25)11-7-5-4-6-10(11)19/h4-7H,3,8H2,1-2H3,(H2,20,21,22). The molecule has 30 heavy (non-hydrogen) atoms. The zero-order valence-electron chi connectivity index (χ0n) is 16.0. The van der Waals surface area contributed by atoms with E-state index in [1.54, 1.807) is 38.1 Å². The Balaban J connectivity index is 1.72. The van der Waals surface area contributed by atoms with Crippen molar-refractivity contribution in [1.29, 1.82) is 0 Å². The van der Waals surface area contributed by atoms with E-state index in [1.165, 1.54) is 0 Å². The maximum atomic E-state index is 12.7. The second kappa shape index (κ2) is 7.59. The minimum atomic E-state index is -0.573. The number of rotatable bonds is 5. The SMILES string of the molecule is CCOC(=O)c1c(C)oc2nc(Cn3nnn(-c4ccccc4Cl)c3=O)nc(N)c12. The highest BCUT2D eigenvalue weighted by Crippen LogP contribution is 2.29. The van der Waals surface area contributed by atoms with Gasteiger partial charge in [0.1, 0.15) is 23.7 Å². The minimum Gasteiger partial charge on any atom is -0.462 e. The van der Waals surface area contributed by atoms with Gasteiger partial charge in [-0.3, -0.25) is 0 Å². The summed E-state index contributed by atoms with van der Waals surface area (Å²) in [5.74, 6) is -0.0713. The molecular weight excluding hydrogens is 414 g/mol. The number of esters is 1. The molecule has 0 spiro atoms. The van der Waals surface area contributed by atoms with Crippen LogP contribution in [-0.2, 0) is 11.3 Å². The predicted octanol–water partition coefficient (Wildman–Crippen LogP) is 1.73. The van der Waals surface area contributed by atoms with Gasteiger partial charge in [0.05, 0.1) is 22.7 Å². The highest BCUT2D eigenvalue weighted by molar-refractivity contribution is 6.32. The average Bonchev–Trinajstić information content (AvgIpc) is 3.22. The third kappa shape index (κ3) is 3.28. The van der Waals surface area contributed by atoms with Crippen LogP contribution in [0.2, 0.25) is 5.02 Å². The van der Waals surface area contributed by atoms with Crippen LogP contribution in [0.3, 0.4) is 0 Å². The van der Waals surface area contributed by atoms with E-state index in [4.69, 9.17) is 26.5 Å². The minimum absolute atomic E-state index is 0.0291. The fourth-order valence-corrected chi connectivity index (χ4v) is 3.20. The van der Waals surface area contributed by atoms with Crippen LogP contribution in [0.5, 0.6) is 0 Å². The van der Waals surface area contributed by atoms with Gasteiger partial charge in [-0.2, -0.15) is 14.3 Å². The van der Waals surface area contributed by atoms with Gasteiger partial charge < -0.3 is 14.9 Å². The van der Waals surface area contributed by atoms with Gasteiger partial charge in [-0.25, -0.2) is 14.6 Å². The van der Waals surface area contributed by atoms with Gasteiger partial charge in [0.25, 0.3) is 0 Å². The molecule has 11 nitrogen and oxygen atoms in total. The predicted molar refractivity (Wildman–Crippen MR) is 107 cm³/mol. The van der Waals surface area contributed by atoms with E-state index in [0.29, 0.717) is 16.5 Å². The molecule has 0 fully saturated rings. The third-order valence-electron chi connectivity index (χ3n) is 4.29. The zero-order valence-corrected chi connectivity index (χ0v) is 16.8. The van der Waals surface area contributed by atoms with Crippen molar-refractivity contribution in [3.05, 3.63) is 56.9 Å². The Kier molecular flexibility index (Phi) is 4.96. The normalized spacial score (nSPS) is 11.2. The summed E-state index contributed by atoms with van der Waals surface area (Å²) in [6.45, 7) is 3.39. The Labute approximate surface area is 174 Å². The van der Waals surface area contributed by atoms with E-state index in [9.17, 15) is 9.59 Å². The van der Waals surface area contributed by atoms with Crippen molar-refractivity contribution in [3.8, 4) is 5.69 Å². The van der Waals surface area contributed by atoms with E-state index < -0.39 is 11.7 Å². The van der Waals surface area contributed by atoms with Crippen molar-refractivity contribution in [3.63, 3.8) is 0 Å². The number of furan rings is 1. The number of carbonyl (C=O) groups excluding carboxylic acids is 1. The van der Waals surface area contributed by atoms with Crippen molar-refractivity contribution in [2.75, 3.05) is 12.3 Å². The van der Waals surface area contributed by atoms with E-state index in [0.717, 1.165) is 9.36 Å². The Morgan fingerprint density at radius 1 is 1.27 bits per heavy atom. The molecule has 0 unspecified atom stereocenters. The van der Waals surface area contributed by atoms with Crippen LogP contribution >= 0.6 is 11.6 Å². The van der Waals surface area contributed by atoms with Gasteiger partial charge in [0.2, 0.25) is 5.71 Å². The Hall–Kier alpha value is -3.73. The molecule has 0 amide bonds. The molecular formula is C18H16ClN7O4. The largest absolute Gasteiger partial charge is 0.462 e. The lowest BCUT2D eigenvalue weighted by atomic mass is 10.2. The summed E-state index contributed by atoms with van der Waals surface area (Å²) in [7, 11) is 0. The summed E-state index contributed by atoms with van der Waals surface area (Å²) in [6.07, 6.45) is 0. The molecule has 0 aliphatic carbocycles. The lowest BCUT2D eigenvalue weighted by Crippen LogP contribution is -2.25. The van der Waals surface area contributed by atoms with Gasteiger partial charge in [-0.05, 0) is 36.4 Å². The highest BCUT2D eigenvalue weighted by Gasteiger charge is 2.24. The third-order valence-corrected chi connectivity index (χ3v) is 4.61. The first-order valence-electron chi connectivity index (χ1n) is 8.91. The number of nitrogens with zero attached hydrogens (tertiary/aromatic N) is 6. The molecule has 0 aliphatic rings. The summed E-state index contributed by atoms with van der Waals surface area (Å²) < 4.78 is 12.7. The summed E-state index contributed by atoms with van der Waals surface area (Å²) in [5.41, 5.74) is 6.20. The lowest BCUT2D eigenvalue weighted by molar-refractivity contribution is 0.0526. The number of nitrogens with two attached hydrogens (primary N) is 1. The first-order chi connectivity index (χ1) is 14.4. The number of anilines is 1. The number of nitrogen functional groups attached to an aromatic ring is 1. The van der Waals surface area contributed by atoms with Crippen LogP contribution in [0.1, 0.15) is 28.9 Å². The van der Waals surface area contributed by atoms with E-state index in [1.807, 2.05) is 0 Å². The molecule has 4 aromatic rings. The molecule has 0 radical (unpaired) electrons. The summed E-state index contributed by atoms with van der Waals surface area (Å²) in [4.78, 5) is 33.3. The number of aromatic nitrogens is 6. The number of carbonyl (C=O) groups is 1. The molecule has 154 valence electrons. The maximum Gasteiger partial charge on any atom is 0.368 e. The molecule has 3 heterocycles. The number of benzene rings is 1. The first-order valence-corrected chi connectivity index (χ1v) is 9.28. The molecule has 3 aromatic heterocycles. The van der Waals surface area contributed by atoms with Crippen LogP contribution < -0.4 is 11.4 Å². The first kappa shape index (κ1) is 19.6. The van der Waals surface area contributed by atoms with Crippen LogP contribution in [0.4, 0.5) is 5.82 Å². The highest BCUT2D eigenvalue weighted by atomic mass is 35.5. The number of aryl methyl sites for hydroxylation is 1. The molecule has 0 atom stereocenters. The van der Waals surface area contributed by atoms with Crippen molar-refractivity contribution in [1.82, 2.24) is 29.8 Å². The smallest absolute Gasteiger partial charge is 0.368 e. The summed E-state index contributed by atoms with van der Waals surface area (Å²) >= 11 is 6.12. The molecule has 2 N–H and O–H groups in total. The molecule has 0 saturated carbocycles. The van der Waals surface area contributed by atoms with Gasteiger partial charge in [-0.1, -0.05) is 23.7 Å². The topological polar surface area (TPSA) is 144 Å². The van der Waals surface area contributed by atoms with Crippen LogP contribution in [0, 0.1) is 6.92 Å². The number of ether oxygens (including phenoxy) is 1. The quantitative estimate of drug-likeness (QED) is 0.469. The van der Waals surface area contributed by atoms with Crippen LogP contribution in [-0.4, -0.2) is 42.3 Å². The lowest BCUT2D eigenvalue weighted by Gasteiger charge is -2.03. The maximum absolute atomic E-state index is 12.7. The Morgan fingerprint density at radius 3 is 2.77 bits per heavy atom. The number of para-hydroxylation sites is 1.